The summed E-state index contributed by atoms with van der Waals surface area (Å²) in [6.07, 6.45) is 0. The maximum absolute atomic E-state index is 12.6. The van der Waals surface area contributed by atoms with E-state index >= 15 is 0 Å². The fraction of sp³-hybridized carbons (Fsp3) is 0.143. The number of ether oxygens (including phenoxy) is 1. The molecule has 0 unspecified atom stereocenters. The Bertz CT molecular complexity index is 291. The van der Waals surface area contributed by atoms with Gasteiger partial charge in [0, 0.05) is 0 Å². The maximum Gasteiger partial charge on any atom is 0.228 e. The second-order valence-electron chi connectivity index (χ2n) is 1.96. The van der Waals surface area contributed by atoms with Gasteiger partial charge < -0.3 is 9.84 Å². The Balaban J connectivity index is 3.08. The molecule has 1 aromatic rings. The first-order chi connectivity index (χ1) is 5.66. The van der Waals surface area contributed by atoms with Crippen LogP contribution < -0.4 is 4.74 Å². The Kier molecular flexibility index (Phi) is 2.86. The van der Waals surface area contributed by atoms with Crippen LogP contribution in [-0.2, 0) is 0 Å². The molecular weight excluding hydrogens is 234 g/mol. The van der Waals surface area contributed by atoms with E-state index in [2.05, 4.69) is 20.7 Å². The van der Waals surface area contributed by atoms with Crippen molar-refractivity contribution in [3.63, 3.8) is 0 Å². The smallest absolute Gasteiger partial charge is 0.228 e. The molecule has 0 aliphatic heterocycles. The monoisotopic (exact) mass is 238 g/mol. The molecule has 0 saturated carbocycles. The van der Waals surface area contributed by atoms with Crippen LogP contribution in [0.1, 0.15) is 0 Å². The molecule has 0 fully saturated rings. The first kappa shape index (κ1) is 9.25. The standard InChI is InChI=1S/C7H5BrF2O2/c8-6-5(12-3-9)2-1-4(10)7(6)11/h1-2,11H,3H2. The van der Waals surface area contributed by atoms with E-state index in [1.165, 1.54) is 6.07 Å². The lowest BCUT2D eigenvalue weighted by atomic mass is 10.3. The lowest BCUT2D eigenvalue weighted by Crippen LogP contribution is -1.91. The lowest BCUT2D eigenvalue weighted by Gasteiger charge is -2.05. The van der Waals surface area contributed by atoms with Crippen LogP contribution in [0.15, 0.2) is 16.6 Å². The molecular formula is C7H5BrF2O2. The number of halogens is 3. The third-order valence-electron chi connectivity index (χ3n) is 1.24. The van der Waals surface area contributed by atoms with Gasteiger partial charge in [0.05, 0.1) is 0 Å². The number of benzene rings is 1. The topological polar surface area (TPSA) is 29.5 Å². The first-order valence-electron chi connectivity index (χ1n) is 3.02. The van der Waals surface area contributed by atoms with Gasteiger partial charge in [0.1, 0.15) is 10.2 Å². The summed E-state index contributed by atoms with van der Waals surface area (Å²) in [6, 6.07) is 2.21. The van der Waals surface area contributed by atoms with E-state index in [4.69, 9.17) is 5.11 Å². The Morgan fingerprint density at radius 1 is 1.50 bits per heavy atom. The summed E-state index contributed by atoms with van der Waals surface area (Å²) in [5.41, 5.74) is 0. The van der Waals surface area contributed by atoms with Crippen LogP contribution in [0.4, 0.5) is 8.78 Å². The molecule has 1 N–H and O–H groups in total. The molecule has 66 valence electrons. The molecule has 0 atom stereocenters. The van der Waals surface area contributed by atoms with E-state index in [-0.39, 0.29) is 10.2 Å². The molecule has 12 heavy (non-hydrogen) atoms. The van der Waals surface area contributed by atoms with Crippen molar-refractivity contribution in [2.75, 3.05) is 6.86 Å². The van der Waals surface area contributed by atoms with E-state index in [1.807, 2.05) is 0 Å². The average molecular weight is 239 g/mol. The zero-order valence-corrected chi connectivity index (χ0v) is 7.44. The molecule has 0 radical (unpaired) electrons. The largest absolute Gasteiger partial charge is 0.504 e. The highest BCUT2D eigenvalue weighted by atomic mass is 79.9. The van der Waals surface area contributed by atoms with Gasteiger partial charge in [-0.05, 0) is 28.1 Å². The number of hydrogen-bond acceptors (Lipinski definition) is 2. The minimum absolute atomic E-state index is 0.0140. The Morgan fingerprint density at radius 3 is 2.75 bits per heavy atom. The van der Waals surface area contributed by atoms with Gasteiger partial charge in [-0.3, -0.25) is 0 Å². The molecule has 0 amide bonds. The lowest BCUT2D eigenvalue weighted by molar-refractivity contribution is 0.189. The number of rotatable bonds is 2. The number of alkyl halides is 1. The average Bonchev–Trinajstić information content (AvgIpc) is 2.07. The molecule has 0 aliphatic carbocycles. The highest BCUT2D eigenvalue weighted by Gasteiger charge is 2.10. The van der Waals surface area contributed by atoms with Crippen molar-refractivity contribution in [3.8, 4) is 11.5 Å². The third-order valence-corrected chi connectivity index (χ3v) is 2.01. The van der Waals surface area contributed by atoms with Crippen LogP contribution >= 0.6 is 15.9 Å². The predicted molar refractivity (Wildman–Crippen MR) is 42.4 cm³/mol. The molecule has 0 bridgehead atoms. The van der Waals surface area contributed by atoms with E-state index < -0.39 is 18.4 Å². The Hall–Kier alpha value is -0.840. The zero-order valence-electron chi connectivity index (χ0n) is 5.85. The van der Waals surface area contributed by atoms with Gasteiger partial charge >= 0.3 is 0 Å². The minimum atomic E-state index is -1.02. The van der Waals surface area contributed by atoms with Crippen LogP contribution in [0.2, 0.25) is 0 Å². The van der Waals surface area contributed by atoms with Crippen molar-refractivity contribution < 1.29 is 18.6 Å². The number of phenols is 1. The van der Waals surface area contributed by atoms with E-state index in [0.717, 1.165) is 6.07 Å². The molecule has 0 spiro atoms. The Labute approximate surface area is 75.9 Å². The van der Waals surface area contributed by atoms with Crippen molar-refractivity contribution in [1.82, 2.24) is 0 Å². The highest BCUT2D eigenvalue weighted by Crippen LogP contribution is 2.35. The van der Waals surface area contributed by atoms with Crippen molar-refractivity contribution >= 4 is 15.9 Å². The van der Waals surface area contributed by atoms with Gasteiger partial charge in [0.25, 0.3) is 0 Å². The van der Waals surface area contributed by atoms with Crippen molar-refractivity contribution in [2.45, 2.75) is 0 Å². The summed E-state index contributed by atoms with van der Waals surface area (Å²) in [7, 11) is 0. The third kappa shape index (κ3) is 1.66. The molecule has 2 nitrogen and oxygen atoms in total. The minimum Gasteiger partial charge on any atom is -0.504 e. The van der Waals surface area contributed by atoms with E-state index in [9.17, 15) is 8.78 Å². The molecule has 0 saturated heterocycles. The summed E-state index contributed by atoms with van der Waals surface area (Å²) in [6.45, 7) is -1.02. The van der Waals surface area contributed by atoms with Gasteiger partial charge in [-0.1, -0.05) is 0 Å². The number of hydrogen-bond donors (Lipinski definition) is 1. The van der Waals surface area contributed by atoms with Gasteiger partial charge in [-0.15, -0.1) is 0 Å². The van der Waals surface area contributed by atoms with Gasteiger partial charge in [-0.2, -0.15) is 0 Å². The fourth-order valence-electron chi connectivity index (χ4n) is 0.693. The second-order valence-corrected chi connectivity index (χ2v) is 2.75. The van der Waals surface area contributed by atoms with Crippen LogP contribution in [0.5, 0.6) is 11.5 Å². The van der Waals surface area contributed by atoms with Crippen LogP contribution in [0.3, 0.4) is 0 Å². The second kappa shape index (κ2) is 3.71. The predicted octanol–water partition coefficient (Wildman–Crippen LogP) is 2.60. The van der Waals surface area contributed by atoms with Crippen molar-refractivity contribution in [2.24, 2.45) is 0 Å². The number of aromatic hydroxyl groups is 1. The summed E-state index contributed by atoms with van der Waals surface area (Å²) in [5, 5.41) is 8.99. The maximum atomic E-state index is 12.6. The van der Waals surface area contributed by atoms with Crippen molar-refractivity contribution in [1.29, 1.82) is 0 Å². The normalized spacial score (nSPS) is 9.92. The molecule has 1 rings (SSSR count). The quantitative estimate of drug-likeness (QED) is 0.859. The Morgan fingerprint density at radius 2 is 2.17 bits per heavy atom. The molecule has 0 aliphatic rings. The molecule has 1 aromatic carbocycles. The number of phenolic OH excluding ortho intramolecular Hbond substituents is 1. The van der Waals surface area contributed by atoms with E-state index in [0.29, 0.717) is 0 Å². The summed E-state index contributed by atoms with van der Waals surface area (Å²) >= 11 is 2.85. The molecule has 0 aromatic heterocycles. The van der Waals surface area contributed by atoms with E-state index in [1.54, 1.807) is 0 Å². The van der Waals surface area contributed by atoms with Crippen LogP contribution in [0.25, 0.3) is 0 Å². The van der Waals surface area contributed by atoms with Gasteiger partial charge in [0.15, 0.2) is 11.6 Å². The highest BCUT2D eigenvalue weighted by molar-refractivity contribution is 9.10. The molecule has 0 heterocycles. The van der Waals surface area contributed by atoms with Gasteiger partial charge in [0.2, 0.25) is 6.86 Å². The fourth-order valence-corrected chi connectivity index (χ4v) is 1.13. The summed E-state index contributed by atoms with van der Waals surface area (Å²) < 4.78 is 28.7. The van der Waals surface area contributed by atoms with Crippen LogP contribution in [0, 0.1) is 5.82 Å². The SMILES string of the molecule is Oc1c(F)ccc(OCF)c1Br. The first-order valence-corrected chi connectivity index (χ1v) is 3.82. The molecule has 5 heteroatoms. The van der Waals surface area contributed by atoms with Gasteiger partial charge in [-0.25, -0.2) is 8.78 Å². The van der Waals surface area contributed by atoms with Crippen LogP contribution in [-0.4, -0.2) is 12.0 Å². The summed E-state index contributed by atoms with van der Waals surface area (Å²) in [4.78, 5) is 0. The zero-order chi connectivity index (χ0) is 9.14. The van der Waals surface area contributed by atoms with Crippen molar-refractivity contribution in [3.05, 3.63) is 22.4 Å². The summed E-state index contributed by atoms with van der Waals surface area (Å²) in [5.74, 6) is -1.30.